The lowest BCUT2D eigenvalue weighted by Gasteiger charge is -2.36. The molecule has 1 heterocycles. The molecule has 1 N–H and O–H groups in total. The largest absolute Gasteiger partial charge is 0.469 e. The number of carbonyl (C=O) groups excluding carboxylic acids is 2. The zero-order chi connectivity index (χ0) is 22.6. The molecule has 10 heteroatoms. The van der Waals surface area contributed by atoms with Crippen molar-refractivity contribution < 1.29 is 23.3 Å². The molecule has 0 aromatic rings. The lowest BCUT2D eigenvalue weighted by atomic mass is 9.75. The monoisotopic (exact) mass is 502 g/mol. The number of nitrogens with one attached hydrogen (secondary N) is 1. The first-order valence-electron chi connectivity index (χ1n) is 11.2. The van der Waals surface area contributed by atoms with Gasteiger partial charge in [-0.15, -0.1) is 11.6 Å². The Morgan fingerprint density at radius 3 is 2.91 bits per heavy atom. The zero-order valence-electron chi connectivity index (χ0n) is 17.9. The second kappa shape index (κ2) is 8.69. The molecule has 5 fully saturated rings. The number of halogens is 2. The van der Waals surface area contributed by atoms with Crippen molar-refractivity contribution in [1.29, 1.82) is 0 Å². The van der Waals surface area contributed by atoms with Crippen LogP contribution in [0.5, 0.6) is 0 Å². The highest BCUT2D eigenvalue weighted by Crippen LogP contribution is 2.65. The molecule has 8 unspecified atom stereocenters. The van der Waals surface area contributed by atoms with E-state index in [9.17, 15) is 13.8 Å². The summed E-state index contributed by atoms with van der Waals surface area (Å²) in [5.41, 5.74) is -0.450. The Bertz CT molecular complexity index is 898. The predicted octanol–water partition coefficient (Wildman–Crippen LogP) is 2.11. The summed E-state index contributed by atoms with van der Waals surface area (Å²) in [5.74, 6) is 0.607. The van der Waals surface area contributed by atoms with Gasteiger partial charge >= 0.3 is 5.97 Å². The molecule has 7 nitrogen and oxygen atoms in total. The van der Waals surface area contributed by atoms with Gasteiger partial charge in [0, 0.05) is 24.2 Å². The Morgan fingerprint density at radius 1 is 1.34 bits per heavy atom. The third kappa shape index (κ3) is 3.66. The molecule has 6 rings (SSSR count). The summed E-state index contributed by atoms with van der Waals surface area (Å²) in [7, 11) is -0.0353. The van der Waals surface area contributed by atoms with E-state index in [-0.39, 0.29) is 30.4 Å². The first-order chi connectivity index (χ1) is 15.3. The number of morpholine rings is 1. The van der Waals surface area contributed by atoms with Gasteiger partial charge < -0.3 is 14.8 Å². The molecule has 9 atom stereocenters. The van der Waals surface area contributed by atoms with E-state index in [0.717, 1.165) is 25.7 Å². The van der Waals surface area contributed by atoms with Crippen LogP contribution in [0.2, 0.25) is 0 Å². The Morgan fingerprint density at radius 2 is 2.16 bits per heavy atom. The van der Waals surface area contributed by atoms with Crippen molar-refractivity contribution in [2.45, 2.75) is 48.5 Å². The standard InChI is InChI=1S/C22H28Cl2N2O5S/c1-30-21(28)22-9-12-7-13(10-22)18(14(22)8-12)25-20(27)17-11-26(5-6-31-17)32(29)19-15(23)3-2-4-16(19)24/h2-4,12-15,17-19H,5-11H2,1H3,(H,25,27)/t12?,13?,14?,15?,17-,18?,19?,22?,32?/m1/s1. The second-order valence-electron chi connectivity index (χ2n) is 9.62. The van der Waals surface area contributed by atoms with Crippen LogP contribution >= 0.6 is 23.2 Å². The smallest absolute Gasteiger partial charge is 0.312 e. The van der Waals surface area contributed by atoms with Crippen LogP contribution in [-0.4, -0.2) is 70.0 Å². The molecular formula is C22H28Cl2N2O5S. The number of allylic oxidation sites excluding steroid dienone is 3. The fourth-order valence-electron chi connectivity index (χ4n) is 6.73. The molecule has 1 amide bonds. The summed E-state index contributed by atoms with van der Waals surface area (Å²) in [5, 5.41) is 2.64. The number of esters is 1. The third-order valence-corrected chi connectivity index (χ3v) is 10.8. The maximum Gasteiger partial charge on any atom is 0.312 e. The van der Waals surface area contributed by atoms with Crippen molar-refractivity contribution in [2.24, 2.45) is 23.2 Å². The highest BCUT2D eigenvalue weighted by atomic mass is 35.5. The maximum absolute atomic E-state index is 13.2. The fourth-order valence-corrected chi connectivity index (χ4v) is 9.16. The normalized spacial score (nSPS) is 43.7. The molecule has 0 aromatic carbocycles. The lowest BCUT2D eigenvalue weighted by Crippen LogP contribution is -2.55. The Labute approximate surface area is 200 Å². The SMILES string of the molecule is COC(=O)C12CC3CC(C1)C(NC(=O)[C@H]1CN(S(=O)C4C(Cl)=CC=CC4Cl)CCO1)C2C3. The summed E-state index contributed by atoms with van der Waals surface area (Å²) in [4.78, 5) is 25.8. The van der Waals surface area contributed by atoms with Crippen LogP contribution in [0.25, 0.3) is 0 Å². The van der Waals surface area contributed by atoms with Crippen LogP contribution in [0.4, 0.5) is 0 Å². The van der Waals surface area contributed by atoms with Crippen molar-refractivity contribution >= 4 is 46.1 Å². The lowest BCUT2D eigenvalue weighted by molar-refractivity contribution is -0.155. The predicted molar refractivity (Wildman–Crippen MR) is 121 cm³/mol. The van der Waals surface area contributed by atoms with Gasteiger partial charge in [0.15, 0.2) is 0 Å². The average Bonchev–Trinajstić information content (AvgIpc) is 3.17. The fraction of sp³-hybridized carbons (Fsp3) is 0.727. The van der Waals surface area contributed by atoms with Crippen molar-refractivity contribution in [3.8, 4) is 0 Å². The number of hydrogen-bond donors (Lipinski definition) is 1. The highest BCUT2D eigenvalue weighted by molar-refractivity contribution is 7.83. The van der Waals surface area contributed by atoms with E-state index in [1.54, 1.807) is 22.5 Å². The first-order valence-corrected chi connectivity index (χ1v) is 13.2. The minimum atomic E-state index is -1.48. The summed E-state index contributed by atoms with van der Waals surface area (Å²) < 4.78 is 25.8. The quantitative estimate of drug-likeness (QED) is 0.459. The van der Waals surface area contributed by atoms with Crippen LogP contribution in [0.1, 0.15) is 25.7 Å². The molecule has 0 aromatic heterocycles. The van der Waals surface area contributed by atoms with Crippen molar-refractivity contribution in [1.82, 2.24) is 9.62 Å². The molecule has 176 valence electrons. The number of methoxy groups -OCH3 is 1. The number of alkyl halides is 1. The van der Waals surface area contributed by atoms with E-state index >= 15 is 0 Å². The van der Waals surface area contributed by atoms with Gasteiger partial charge in [-0.3, -0.25) is 9.59 Å². The molecule has 0 spiro atoms. The van der Waals surface area contributed by atoms with Gasteiger partial charge in [0.1, 0.15) is 22.3 Å². The number of carbonyl (C=O) groups is 2. The van der Waals surface area contributed by atoms with E-state index < -0.39 is 33.1 Å². The van der Waals surface area contributed by atoms with Gasteiger partial charge in [0.25, 0.3) is 5.91 Å². The van der Waals surface area contributed by atoms with Gasteiger partial charge in [-0.05, 0) is 49.5 Å². The van der Waals surface area contributed by atoms with Crippen molar-refractivity contribution in [2.75, 3.05) is 26.8 Å². The van der Waals surface area contributed by atoms with Gasteiger partial charge in [-0.1, -0.05) is 23.8 Å². The Hall–Kier alpha value is -0.930. The van der Waals surface area contributed by atoms with E-state index in [4.69, 9.17) is 32.7 Å². The summed E-state index contributed by atoms with van der Waals surface area (Å²) >= 11 is 12.6. The molecule has 32 heavy (non-hydrogen) atoms. The van der Waals surface area contributed by atoms with Gasteiger partial charge in [0.05, 0.1) is 24.5 Å². The van der Waals surface area contributed by atoms with Crippen LogP contribution in [0, 0.1) is 23.2 Å². The molecule has 4 bridgehead atoms. The van der Waals surface area contributed by atoms with Crippen LogP contribution in [0.15, 0.2) is 23.3 Å². The molecular weight excluding hydrogens is 475 g/mol. The minimum Gasteiger partial charge on any atom is -0.469 e. The van der Waals surface area contributed by atoms with E-state index in [1.165, 1.54) is 7.11 Å². The van der Waals surface area contributed by atoms with Gasteiger partial charge in [-0.2, -0.15) is 0 Å². The third-order valence-electron chi connectivity index (χ3n) is 7.96. The van der Waals surface area contributed by atoms with Crippen LogP contribution in [-0.2, 0) is 30.0 Å². The van der Waals surface area contributed by atoms with Crippen molar-refractivity contribution in [3.05, 3.63) is 23.3 Å². The maximum atomic E-state index is 13.2. The Balaban J connectivity index is 1.25. The summed E-state index contributed by atoms with van der Waals surface area (Å²) in [6.07, 6.45) is 8.14. The van der Waals surface area contributed by atoms with Gasteiger partial charge in [-0.25, -0.2) is 8.51 Å². The number of amides is 1. The summed E-state index contributed by atoms with van der Waals surface area (Å²) in [6, 6.07) is -0.0436. The Kier molecular flexibility index (Phi) is 6.20. The number of ether oxygens (including phenoxy) is 2. The molecule has 4 saturated carbocycles. The molecule has 1 aliphatic heterocycles. The first kappa shape index (κ1) is 22.8. The number of nitrogens with zero attached hydrogens (tertiary/aromatic N) is 1. The van der Waals surface area contributed by atoms with Gasteiger partial charge in [0.2, 0.25) is 0 Å². The molecule has 5 aliphatic carbocycles. The minimum absolute atomic E-state index is 0.0436. The summed E-state index contributed by atoms with van der Waals surface area (Å²) in [6.45, 7) is 0.942. The topological polar surface area (TPSA) is 84.9 Å². The zero-order valence-corrected chi connectivity index (χ0v) is 20.2. The number of hydrogen-bond acceptors (Lipinski definition) is 5. The average molecular weight is 503 g/mol. The van der Waals surface area contributed by atoms with E-state index in [2.05, 4.69) is 5.32 Å². The van der Waals surface area contributed by atoms with E-state index in [0.29, 0.717) is 30.0 Å². The van der Waals surface area contributed by atoms with Crippen molar-refractivity contribution in [3.63, 3.8) is 0 Å². The molecule has 6 aliphatic rings. The second-order valence-corrected chi connectivity index (χ2v) is 12.1. The molecule has 1 saturated heterocycles. The number of rotatable bonds is 5. The van der Waals surface area contributed by atoms with Crippen LogP contribution in [0.3, 0.4) is 0 Å². The molecule has 0 radical (unpaired) electrons. The highest BCUT2D eigenvalue weighted by Gasteiger charge is 2.66. The van der Waals surface area contributed by atoms with E-state index in [1.807, 2.05) is 0 Å². The van der Waals surface area contributed by atoms with Crippen LogP contribution < -0.4 is 5.32 Å².